The highest BCUT2D eigenvalue weighted by molar-refractivity contribution is 6.07. The van der Waals surface area contributed by atoms with Crippen molar-refractivity contribution in [3.05, 3.63) is 87.6 Å². The van der Waals surface area contributed by atoms with Gasteiger partial charge in [0.25, 0.3) is 11.6 Å². The molecule has 9 heteroatoms. The lowest BCUT2D eigenvalue weighted by molar-refractivity contribution is -0.384. The Morgan fingerprint density at radius 3 is 2.45 bits per heavy atom. The number of benzene rings is 2. The van der Waals surface area contributed by atoms with E-state index in [-0.39, 0.29) is 29.2 Å². The zero-order chi connectivity index (χ0) is 20.8. The Morgan fingerprint density at radius 1 is 1.14 bits per heavy atom. The molecule has 0 unspecified atom stereocenters. The van der Waals surface area contributed by atoms with E-state index in [2.05, 4.69) is 10.4 Å². The van der Waals surface area contributed by atoms with E-state index in [1.165, 1.54) is 35.1 Å². The van der Waals surface area contributed by atoms with E-state index >= 15 is 0 Å². The number of nitro benzene ring substituents is 1. The summed E-state index contributed by atoms with van der Waals surface area (Å²) in [6, 6.07) is 14.6. The molecule has 3 rings (SSSR count). The molecule has 0 saturated heterocycles. The number of amides is 1. The highest BCUT2D eigenvalue weighted by atomic mass is 16.6. The third-order valence-corrected chi connectivity index (χ3v) is 4.08. The van der Waals surface area contributed by atoms with Crippen molar-refractivity contribution >= 4 is 23.4 Å². The fourth-order valence-electron chi connectivity index (χ4n) is 2.67. The summed E-state index contributed by atoms with van der Waals surface area (Å²) in [7, 11) is 0. The van der Waals surface area contributed by atoms with Crippen LogP contribution >= 0.6 is 0 Å². The van der Waals surface area contributed by atoms with Crippen molar-refractivity contribution in [2.45, 2.75) is 13.5 Å². The molecule has 29 heavy (non-hydrogen) atoms. The van der Waals surface area contributed by atoms with Gasteiger partial charge in [-0.2, -0.15) is 5.10 Å². The van der Waals surface area contributed by atoms with Crippen LogP contribution in [0.5, 0.6) is 0 Å². The van der Waals surface area contributed by atoms with Crippen LogP contribution in [-0.4, -0.2) is 33.2 Å². The SMILES string of the molecule is CCOC(=O)c1cnn(Cc2ccccc2)c1NC(=O)c1ccc([N+](=O)[O-])cc1. The number of aromatic nitrogens is 2. The largest absolute Gasteiger partial charge is 0.462 e. The molecule has 3 aromatic rings. The maximum atomic E-state index is 12.7. The second-order valence-corrected chi connectivity index (χ2v) is 6.03. The predicted octanol–water partition coefficient (Wildman–Crippen LogP) is 3.27. The second-order valence-electron chi connectivity index (χ2n) is 6.03. The van der Waals surface area contributed by atoms with Crippen molar-refractivity contribution in [2.75, 3.05) is 11.9 Å². The van der Waals surface area contributed by atoms with Gasteiger partial charge >= 0.3 is 5.97 Å². The van der Waals surface area contributed by atoms with Gasteiger partial charge in [0.1, 0.15) is 11.4 Å². The van der Waals surface area contributed by atoms with E-state index < -0.39 is 16.8 Å². The third kappa shape index (κ3) is 4.64. The average Bonchev–Trinajstić information content (AvgIpc) is 3.11. The Bertz CT molecular complexity index is 1030. The Kier molecular flexibility index (Phi) is 5.98. The van der Waals surface area contributed by atoms with Gasteiger partial charge in [-0.3, -0.25) is 14.9 Å². The van der Waals surface area contributed by atoms with Gasteiger partial charge in [-0.25, -0.2) is 9.48 Å². The first-order valence-corrected chi connectivity index (χ1v) is 8.82. The molecule has 0 aliphatic heterocycles. The molecule has 0 fully saturated rings. The molecular formula is C20H18N4O5. The van der Waals surface area contributed by atoms with Crippen LogP contribution in [0.15, 0.2) is 60.8 Å². The molecule has 2 aromatic carbocycles. The summed E-state index contributed by atoms with van der Waals surface area (Å²) in [5.74, 6) is -0.943. The number of rotatable bonds is 7. The maximum Gasteiger partial charge on any atom is 0.343 e. The van der Waals surface area contributed by atoms with E-state index in [0.29, 0.717) is 6.54 Å². The minimum atomic E-state index is -0.606. The highest BCUT2D eigenvalue weighted by Crippen LogP contribution is 2.20. The van der Waals surface area contributed by atoms with Crippen molar-refractivity contribution in [1.82, 2.24) is 9.78 Å². The first-order valence-electron chi connectivity index (χ1n) is 8.82. The van der Waals surface area contributed by atoms with Crippen molar-refractivity contribution in [1.29, 1.82) is 0 Å². The summed E-state index contributed by atoms with van der Waals surface area (Å²) in [6.45, 7) is 2.19. The molecule has 0 radical (unpaired) electrons. The summed E-state index contributed by atoms with van der Waals surface area (Å²) in [5, 5.41) is 17.7. The number of ether oxygens (including phenoxy) is 1. The highest BCUT2D eigenvalue weighted by Gasteiger charge is 2.21. The third-order valence-electron chi connectivity index (χ3n) is 4.08. The molecule has 0 spiro atoms. The topological polar surface area (TPSA) is 116 Å². The minimum absolute atomic E-state index is 0.122. The van der Waals surface area contributed by atoms with Crippen molar-refractivity contribution in [3.8, 4) is 0 Å². The Hall–Kier alpha value is -4.01. The molecule has 9 nitrogen and oxygen atoms in total. The lowest BCUT2D eigenvalue weighted by Crippen LogP contribution is -2.19. The molecule has 0 aliphatic rings. The Morgan fingerprint density at radius 2 is 1.83 bits per heavy atom. The molecule has 1 amide bonds. The van der Waals surface area contributed by atoms with Crippen LogP contribution in [0, 0.1) is 10.1 Å². The summed E-state index contributed by atoms with van der Waals surface area (Å²) < 4.78 is 6.53. The first kappa shape index (κ1) is 19.7. The number of nitrogens with zero attached hydrogens (tertiary/aromatic N) is 3. The second kappa shape index (κ2) is 8.79. The zero-order valence-corrected chi connectivity index (χ0v) is 15.6. The molecule has 1 N–H and O–H groups in total. The van der Waals surface area contributed by atoms with Crippen LogP contribution < -0.4 is 5.32 Å². The maximum absolute atomic E-state index is 12.7. The van der Waals surface area contributed by atoms with E-state index in [9.17, 15) is 19.7 Å². The molecule has 0 atom stereocenters. The molecule has 1 heterocycles. The van der Waals surface area contributed by atoms with Gasteiger partial charge in [-0.15, -0.1) is 0 Å². The molecule has 1 aromatic heterocycles. The van der Waals surface area contributed by atoms with Gasteiger partial charge in [0.05, 0.1) is 24.3 Å². The van der Waals surface area contributed by atoms with Crippen LogP contribution in [0.1, 0.15) is 33.2 Å². The molecular weight excluding hydrogens is 376 g/mol. The first-order chi connectivity index (χ1) is 14.0. The van der Waals surface area contributed by atoms with Crippen LogP contribution in [0.3, 0.4) is 0 Å². The standard InChI is InChI=1S/C20H18N4O5/c1-2-29-20(26)17-12-21-23(13-14-6-4-3-5-7-14)18(17)22-19(25)15-8-10-16(11-9-15)24(27)28/h3-12H,2,13H2,1H3,(H,22,25). The van der Waals surface area contributed by atoms with E-state index in [0.717, 1.165) is 5.56 Å². The lowest BCUT2D eigenvalue weighted by atomic mass is 10.2. The van der Waals surface area contributed by atoms with Crippen LogP contribution in [0.25, 0.3) is 0 Å². The van der Waals surface area contributed by atoms with Gasteiger partial charge in [0.2, 0.25) is 0 Å². The number of carbonyl (C=O) groups is 2. The van der Waals surface area contributed by atoms with Gasteiger partial charge in [0, 0.05) is 17.7 Å². The van der Waals surface area contributed by atoms with Gasteiger partial charge < -0.3 is 10.1 Å². The van der Waals surface area contributed by atoms with E-state index in [1.807, 2.05) is 30.3 Å². The normalized spacial score (nSPS) is 10.4. The summed E-state index contributed by atoms with van der Waals surface area (Å²) in [4.78, 5) is 35.2. The Balaban J connectivity index is 1.90. The van der Waals surface area contributed by atoms with Crippen LogP contribution in [0.2, 0.25) is 0 Å². The smallest absolute Gasteiger partial charge is 0.343 e. The molecule has 0 saturated carbocycles. The van der Waals surface area contributed by atoms with Gasteiger partial charge in [0.15, 0.2) is 0 Å². The van der Waals surface area contributed by atoms with Crippen molar-refractivity contribution in [3.63, 3.8) is 0 Å². The van der Waals surface area contributed by atoms with Crippen molar-refractivity contribution < 1.29 is 19.2 Å². The quantitative estimate of drug-likeness (QED) is 0.373. The van der Waals surface area contributed by atoms with Gasteiger partial charge in [-0.05, 0) is 24.6 Å². The number of esters is 1. The zero-order valence-electron chi connectivity index (χ0n) is 15.6. The number of anilines is 1. The van der Waals surface area contributed by atoms with Crippen molar-refractivity contribution in [2.24, 2.45) is 0 Å². The number of nitro groups is 1. The fourth-order valence-corrected chi connectivity index (χ4v) is 2.67. The number of carbonyl (C=O) groups excluding carboxylic acids is 2. The summed E-state index contributed by atoms with van der Waals surface area (Å²) in [6.07, 6.45) is 1.34. The summed E-state index contributed by atoms with van der Waals surface area (Å²) >= 11 is 0. The number of hydrogen-bond donors (Lipinski definition) is 1. The van der Waals surface area contributed by atoms with E-state index in [1.54, 1.807) is 6.92 Å². The van der Waals surface area contributed by atoms with Crippen LogP contribution in [-0.2, 0) is 11.3 Å². The number of hydrogen-bond acceptors (Lipinski definition) is 6. The molecule has 148 valence electrons. The predicted molar refractivity (Wildman–Crippen MR) is 105 cm³/mol. The number of non-ortho nitro benzene ring substituents is 1. The van der Waals surface area contributed by atoms with Gasteiger partial charge in [-0.1, -0.05) is 30.3 Å². The Labute approximate surface area is 166 Å². The average molecular weight is 394 g/mol. The number of nitrogens with one attached hydrogen (secondary N) is 1. The summed E-state index contributed by atoms with van der Waals surface area (Å²) in [5.41, 5.74) is 1.13. The van der Waals surface area contributed by atoms with E-state index in [4.69, 9.17) is 4.74 Å². The minimum Gasteiger partial charge on any atom is -0.462 e. The molecule has 0 aliphatic carbocycles. The monoisotopic (exact) mass is 394 g/mol. The van der Waals surface area contributed by atoms with Crippen LogP contribution in [0.4, 0.5) is 11.5 Å². The fraction of sp³-hybridized carbons (Fsp3) is 0.150. The lowest BCUT2D eigenvalue weighted by Gasteiger charge is -2.11. The molecule has 0 bridgehead atoms.